The van der Waals surface area contributed by atoms with Crippen LogP contribution in [0.25, 0.3) is 10.9 Å². The number of nitrogens with two attached hydrogens (primary N) is 1. The van der Waals surface area contributed by atoms with Crippen molar-refractivity contribution in [2.75, 3.05) is 19.0 Å². The molecule has 1 aliphatic carbocycles. The highest BCUT2D eigenvalue weighted by Gasteiger charge is 2.57. The van der Waals surface area contributed by atoms with E-state index in [0.717, 1.165) is 35.7 Å². The summed E-state index contributed by atoms with van der Waals surface area (Å²) >= 11 is 0. The van der Waals surface area contributed by atoms with Crippen molar-refractivity contribution in [1.29, 1.82) is 0 Å². The van der Waals surface area contributed by atoms with E-state index in [1.807, 2.05) is 36.4 Å². The SMILES string of the molecule is COc1cccc2[nH]c(C(=O)N[C@@H](CC3CCC3)C(=O)N3C[C@]4(C[C@H]3C(N)=O)C(=O)Nc3ccccc34)cc12. The van der Waals surface area contributed by atoms with Crippen LogP contribution < -0.4 is 21.1 Å². The molecule has 10 heteroatoms. The van der Waals surface area contributed by atoms with E-state index in [2.05, 4.69) is 15.6 Å². The lowest BCUT2D eigenvalue weighted by Gasteiger charge is -2.33. The fraction of sp³-hybridized carbons (Fsp3) is 0.379. The molecule has 1 saturated carbocycles. The van der Waals surface area contributed by atoms with Gasteiger partial charge >= 0.3 is 0 Å². The molecule has 0 unspecified atom stereocenters. The largest absolute Gasteiger partial charge is 0.496 e. The second-order valence-electron chi connectivity index (χ2n) is 10.8. The number of amides is 4. The molecule has 0 bridgehead atoms. The number of likely N-dealkylation sites (tertiary alicyclic amines) is 1. The Labute approximate surface area is 225 Å². The number of aromatic amines is 1. The number of primary amides is 1. The lowest BCUT2D eigenvalue weighted by atomic mass is 9.79. The first-order chi connectivity index (χ1) is 18.8. The third kappa shape index (κ3) is 4.10. The number of ether oxygens (including phenoxy) is 1. The monoisotopic (exact) mass is 529 g/mol. The number of carbonyl (C=O) groups excluding carboxylic acids is 4. The van der Waals surface area contributed by atoms with Gasteiger partial charge in [-0.05, 0) is 48.6 Å². The van der Waals surface area contributed by atoms with Crippen LogP contribution in [-0.4, -0.2) is 59.3 Å². The van der Waals surface area contributed by atoms with E-state index in [4.69, 9.17) is 10.5 Å². The van der Waals surface area contributed by atoms with E-state index < -0.39 is 35.2 Å². The Balaban J connectivity index is 1.30. The number of aromatic nitrogens is 1. The molecule has 3 atom stereocenters. The molecule has 202 valence electrons. The summed E-state index contributed by atoms with van der Waals surface area (Å²) in [5.74, 6) is -0.834. The maximum atomic E-state index is 14.1. The molecule has 2 aromatic carbocycles. The minimum atomic E-state index is -1.06. The zero-order valence-corrected chi connectivity index (χ0v) is 21.7. The second kappa shape index (κ2) is 9.44. The molecule has 1 saturated heterocycles. The van der Waals surface area contributed by atoms with Crippen LogP contribution in [-0.2, 0) is 19.8 Å². The summed E-state index contributed by atoms with van der Waals surface area (Å²) in [4.78, 5) is 57.8. The molecule has 0 radical (unpaired) electrons. The van der Waals surface area contributed by atoms with Gasteiger partial charge < -0.3 is 31.0 Å². The van der Waals surface area contributed by atoms with Crippen molar-refractivity contribution in [2.45, 2.75) is 49.6 Å². The van der Waals surface area contributed by atoms with E-state index >= 15 is 0 Å². The van der Waals surface area contributed by atoms with Gasteiger partial charge in [0.25, 0.3) is 5.91 Å². The fourth-order valence-electron chi connectivity index (χ4n) is 6.27. The number of fused-ring (bicyclic) bond motifs is 3. The van der Waals surface area contributed by atoms with Gasteiger partial charge in [-0.1, -0.05) is 43.5 Å². The molecule has 10 nitrogen and oxygen atoms in total. The average Bonchev–Trinajstić information content (AvgIpc) is 3.59. The Morgan fingerprint density at radius 3 is 2.69 bits per heavy atom. The first kappa shape index (κ1) is 25.0. The van der Waals surface area contributed by atoms with E-state index in [-0.39, 0.29) is 18.9 Å². The molecule has 39 heavy (non-hydrogen) atoms. The number of rotatable bonds is 7. The molecule has 6 rings (SSSR count). The predicted molar refractivity (Wildman–Crippen MR) is 144 cm³/mol. The van der Waals surface area contributed by atoms with Crippen molar-refractivity contribution in [3.8, 4) is 5.75 Å². The van der Waals surface area contributed by atoms with Gasteiger partial charge in [0.2, 0.25) is 17.7 Å². The van der Waals surface area contributed by atoms with Crippen LogP contribution in [0.4, 0.5) is 5.69 Å². The highest BCUT2D eigenvalue weighted by atomic mass is 16.5. The molecule has 3 aliphatic rings. The molecule has 3 heterocycles. The van der Waals surface area contributed by atoms with Crippen LogP contribution in [0.15, 0.2) is 48.5 Å². The van der Waals surface area contributed by atoms with Crippen molar-refractivity contribution in [3.05, 3.63) is 59.8 Å². The molecule has 1 spiro atoms. The van der Waals surface area contributed by atoms with Gasteiger partial charge in [0.1, 0.15) is 23.5 Å². The number of H-pyrrole nitrogens is 1. The predicted octanol–water partition coefficient (Wildman–Crippen LogP) is 2.44. The number of hydrogen-bond donors (Lipinski definition) is 4. The molecule has 2 aliphatic heterocycles. The summed E-state index contributed by atoms with van der Waals surface area (Å²) in [6, 6.07) is 12.7. The molecule has 1 aromatic heterocycles. The van der Waals surface area contributed by atoms with Crippen molar-refractivity contribution >= 4 is 40.2 Å². The summed E-state index contributed by atoms with van der Waals surface area (Å²) in [5, 5.41) is 6.57. The number of nitrogens with one attached hydrogen (secondary N) is 3. The Bertz CT molecular complexity index is 1490. The van der Waals surface area contributed by atoms with E-state index in [9.17, 15) is 19.2 Å². The van der Waals surface area contributed by atoms with Crippen molar-refractivity contribution in [1.82, 2.24) is 15.2 Å². The normalized spacial score (nSPS) is 22.8. The molecular formula is C29H31N5O5. The van der Waals surface area contributed by atoms with Gasteiger partial charge in [0.15, 0.2) is 0 Å². The number of hydrogen-bond acceptors (Lipinski definition) is 5. The Morgan fingerprint density at radius 1 is 1.18 bits per heavy atom. The van der Waals surface area contributed by atoms with Crippen LogP contribution >= 0.6 is 0 Å². The number of para-hydroxylation sites is 1. The Morgan fingerprint density at radius 2 is 1.97 bits per heavy atom. The lowest BCUT2D eigenvalue weighted by Crippen LogP contribution is -2.54. The smallest absolute Gasteiger partial charge is 0.268 e. The second-order valence-corrected chi connectivity index (χ2v) is 10.8. The van der Waals surface area contributed by atoms with Crippen molar-refractivity contribution in [3.63, 3.8) is 0 Å². The van der Waals surface area contributed by atoms with Crippen molar-refractivity contribution < 1.29 is 23.9 Å². The van der Waals surface area contributed by atoms with Gasteiger partial charge in [-0.2, -0.15) is 0 Å². The van der Waals surface area contributed by atoms with Crippen molar-refractivity contribution in [2.24, 2.45) is 11.7 Å². The first-order valence-electron chi connectivity index (χ1n) is 13.3. The topological polar surface area (TPSA) is 147 Å². The molecule has 5 N–H and O–H groups in total. The quantitative estimate of drug-likeness (QED) is 0.371. The maximum absolute atomic E-state index is 14.1. The van der Waals surface area contributed by atoms with Gasteiger partial charge in [0.05, 0.1) is 12.5 Å². The minimum Gasteiger partial charge on any atom is -0.496 e. The first-order valence-corrected chi connectivity index (χ1v) is 13.3. The highest BCUT2D eigenvalue weighted by molar-refractivity contribution is 6.08. The summed E-state index contributed by atoms with van der Waals surface area (Å²) in [5.41, 5.74) is 7.18. The van der Waals surface area contributed by atoms with E-state index in [1.54, 1.807) is 19.2 Å². The van der Waals surface area contributed by atoms with Crippen LogP contribution in [0.2, 0.25) is 0 Å². The summed E-state index contributed by atoms with van der Waals surface area (Å²) in [6.45, 7) is 0.0168. The number of anilines is 1. The van der Waals surface area contributed by atoms with Gasteiger partial charge in [-0.25, -0.2) is 0 Å². The van der Waals surface area contributed by atoms with Gasteiger partial charge in [-0.15, -0.1) is 0 Å². The highest BCUT2D eigenvalue weighted by Crippen LogP contribution is 2.46. The Kier molecular flexibility index (Phi) is 6.05. The Hall–Kier alpha value is -4.34. The molecule has 2 fully saturated rings. The number of methoxy groups -OCH3 is 1. The summed E-state index contributed by atoms with van der Waals surface area (Å²) in [7, 11) is 1.57. The number of benzene rings is 2. The van der Waals surface area contributed by atoms with Crippen LogP contribution in [0.5, 0.6) is 5.75 Å². The molecule has 3 aromatic rings. The van der Waals surface area contributed by atoms with E-state index in [1.165, 1.54) is 4.90 Å². The summed E-state index contributed by atoms with van der Waals surface area (Å²) < 4.78 is 5.41. The zero-order chi connectivity index (χ0) is 27.3. The average molecular weight is 530 g/mol. The van der Waals surface area contributed by atoms with Crippen LogP contribution in [0, 0.1) is 5.92 Å². The number of nitrogens with zero attached hydrogens (tertiary/aromatic N) is 1. The van der Waals surface area contributed by atoms with Crippen LogP contribution in [0.3, 0.4) is 0 Å². The fourth-order valence-corrected chi connectivity index (χ4v) is 6.27. The minimum absolute atomic E-state index is 0.0168. The van der Waals surface area contributed by atoms with Gasteiger partial charge in [-0.3, -0.25) is 19.2 Å². The number of carbonyl (C=O) groups is 4. The summed E-state index contributed by atoms with van der Waals surface area (Å²) in [6.07, 6.45) is 3.58. The van der Waals surface area contributed by atoms with E-state index in [0.29, 0.717) is 29.5 Å². The van der Waals surface area contributed by atoms with Crippen LogP contribution in [0.1, 0.15) is 48.2 Å². The lowest BCUT2D eigenvalue weighted by molar-refractivity contribution is -0.139. The zero-order valence-electron chi connectivity index (χ0n) is 21.7. The van der Waals surface area contributed by atoms with Gasteiger partial charge in [0, 0.05) is 23.1 Å². The molecular weight excluding hydrogens is 498 g/mol. The molecule has 4 amide bonds. The third-order valence-electron chi connectivity index (χ3n) is 8.58. The maximum Gasteiger partial charge on any atom is 0.268 e. The third-order valence-corrected chi connectivity index (χ3v) is 8.58. The standard InChI is InChI=1S/C29H31N5O5/c1-39-24-11-5-10-19-17(24)13-21(31-19)26(36)32-22(12-16-6-4-7-16)27(37)34-15-29(14-23(34)25(30)35)18-8-2-3-9-20(18)33-28(29)38/h2-3,5,8-11,13,16,22-23,31H,4,6-7,12,14-15H2,1H3,(H2,30,35)(H,32,36)(H,33,38)/t22-,23-,29-/m0/s1.